The molecule has 5 rings (SSSR count). The molecule has 2 nitrogen and oxygen atoms in total. The molecule has 0 spiro atoms. The molecule has 2 fully saturated rings. The van der Waals surface area contributed by atoms with E-state index in [4.69, 9.17) is 0 Å². The molecule has 4 aliphatic carbocycles. The zero-order valence-electron chi connectivity index (χ0n) is 16.6. The van der Waals surface area contributed by atoms with Crippen molar-refractivity contribution in [2.45, 2.75) is 46.0 Å². The molecule has 28 heavy (non-hydrogen) atoms. The van der Waals surface area contributed by atoms with Gasteiger partial charge >= 0.3 is 0 Å². The quantitative estimate of drug-likeness (QED) is 0.618. The lowest BCUT2D eigenvalue weighted by Crippen LogP contribution is -2.47. The number of carbonyl (C=O) groups is 1. The summed E-state index contributed by atoms with van der Waals surface area (Å²) in [7, 11) is 0. The highest BCUT2D eigenvalue weighted by Crippen LogP contribution is 2.65. The van der Waals surface area contributed by atoms with Crippen molar-refractivity contribution in [1.29, 1.82) is 0 Å². The fraction of sp³-hybridized carbons (Fsp3) is 0.440. The lowest BCUT2D eigenvalue weighted by atomic mass is 9.47. The van der Waals surface area contributed by atoms with Crippen LogP contribution in [0.2, 0.25) is 0 Å². The minimum absolute atomic E-state index is 0.0409. The first-order valence-corrected chi connectivity index (χ1v) is 10.3. The van der Waals surface area contributed by atoms with Crippen LogP contribution < -0.4 is 0 Å². The van der Waals surface area contributed by atoms with Crippen molar-refractivity contribution < 1.29 is 9.18 Å². The second-order valence-corrected chi connectivity index (χ2v) is 9.43. The second-order valence-electron chi connectivity index (χ2n) is 9.43. The van der Waals surface area contributed by atoms with Crippen molar-refractivity contribution in [2.75, 3.05) is 0 Å². The van der Waals surface area contributed by atoms with E-state index >= 15 is 0 Å². The molecule has 4 aliphatic rings. The Bertz CT molecular complexity index is 1000. The number of hydrogen-bond donors (Lipinski definition) is 0. The molecular weight excluding hydrogens is 349 g/mol. The standard InChI is InChI=1S/C25H26FNO/c1-15-10-19-21-5-4-20(16-11-17(26)14-27-13-16)24(21,2)9-7-22(19)25(3)8-6-18(28)12-23(15)25/h4-5,11-14,19,22H,1,6-10H2,2-3H3/t19-,22-,24+,25+/m0/s1. The summed E-state index contributed by atoms with van der Waals surface area (Å²) in [5.41, 5.74) is 5.83. The Labute approximate surface area is 165 Å². The third kappa shape index (κ3) is 2.31. The van der Waals surface area contributed by atoms with Crippen LogP contribution in [0, 0.1) is 28.5 Å². The topological polar surface area (TPSA) is 30.0 Å². The molecule has 0 N–H and O–H groups in total. The van der Waals surface area contributed by atoms with Gasteiger partial charge < -0.3 is 0 Å². The molecule has 0 unspecified atom stereocenters. The van der Waals surface area contributed by atoms with Crippen LogP contribution in [0.25, 0.3) is 5.57 Å². The van der Waals surface area contributed by atoms with E-state index in [9.17, 15) is 9.18 Å². The summed E-state index contributed by atoms with van der Waals surface area (Å²) >= 11 is 0. The van der Waals surface area contributed by atoms with E-state index in [1.807, 2.05) is 6.08 Å². The van der Waals surface area contributed by atoms with Gasteiger partial charge in [0, 0.05) is 18.0 Å². The van der Waals surface area contributed by atoms with Gasteiger partial charge in [0.2, 0.25) is 0 Å². The smallest absolute Gasteiger partial charge is 0.156 e. The fourth-order valence-corrected chi connectivity index (χ4v) is 6.54. The summed E-state index contributed by atoms with van der Waals surface area (Å²) < 4.78 is 13.8. The minimum atomic E-state index is -0.288. The first kappa shape index (κ1) is 17.8. The van der Waals surface area contributed by atoms with E-state index < -0.39 is 0 Å². The molecule has 3 heteroatoms. The van der Waals surface area contributed by atoms with Gasteiger partial charge in [-0.05, 0) is 71.8 Å². The van der Waals surface area contributed by atoms with Gasteiger partial charge in [-0.1, -0.05) is 43.7 Å². The van der Waals surface area contributed by atoms with Gasteiger partial charge in [-0.15, -0.1) is 0 Å². The monoisotopic (exact) mass is 375 g/mol. The lowest BCUT2D eigenvalue weighted by molar-refractivity contribution is -0.116. The van der Waals surface area contributed by atoms with Crippen LogP contribution in [0.3, 0.4) is 0 Å². The van der Waals surface area contributed by atoms with Gasteiger partial charge in [0.25, 0.3) is 0 Å². The molecule has 0 radical (unpaired) electrons. The maximum Gasteiger partial charge on any atom is 0.156 e. The van der Waals surface area contributed by atoms with E-state index in [0.717, 1.165) is 36.8 Å². The van der Waals surface area contributed by atoms with E-state index in [1.165, 1.54) is 22.9 Å². The van der Waals surface area contributed by atoms with Crippen LogP contribution in [0.15, 0.2) is 60.0 Å². The Morgan fingerprint density at radius 3 is 2.79 bits per heavy atom. The summed E-state index contributed by atoms with van der Waals surface area (Å²) in [4.78, 5) is 16.1. The summed E-state index contributed by atoms with van der Waals surface area (Å²) in [5, 5.41) is 0. The number of hydrogen-bond acceptors (Lipinski definition) is 2. The second kappa shape index (κ2) is 5.85. The molecule has 0 amide bonds. The van der Waals surface area contributed by atoms with Crippen molar-refractivity contribution in [3.63, 3.8) is 0 Å². The van der Waals surface area contributed by atoms with Crippen LogP contribution in [0.1, 0.15) is 51.5 Å². The predicted molar refractivity (Wildman–Crippen MR) is 109 cm³/mol. The normalized spacial score (nSPS) is 36.8. The Kier molecular flexibility index (Phi) is 3.72. The maximum absolute atomic E-state index is 13.8. The van der Waals surface area contributed by atoms with E-state index in [-0.39, 0.29) is 22.4 Å². The Hall–Kier alpha value is -2.29. The third-order valence-corrected chi connectivity index (χ3v) is 7.99. The number of fused-ring (bicyclic) bond motifs is 5. The van der Waals surface area contributed by atoms with E-state index in [1.54, 1.807) is 12.3 Å². The van der Waals surface area contributed by atoms with Crippen LogP contribution in [0.4, 0.5) is 4.39 Å². The number of carbonyl (C=O) groups excluding carboxylic acids is 1. The molecule has 144 valence electrons. The van der Waals surface area contributed by atoms with Crippen molar-refractivity contribution in [3.8, 4) is 0 Å². The number of nitrogens with zero attached hydrogens (tertiary/aromatic N) is 1. The van der Waals surface area contributed by atoms with Crippen LogP contribution in [0.5, 0.6) is 0 Å². The average Bonchev–Trinajstić information content (AvgIpc) is 3.01. The van der Waals surface area contributed by atoms with Crippen molar-refractivity contribution in [3.05, 3.63) is 71.4 Å². The summed E-state index contributed by atoms with van der Waals surface area (Å²) in [6.07, 6.45) is 14.0. The van der Waals surface area contributed by atoms with Gasteiger partial charge in [0.05, 0.1) is 6.20 Å². The molecule has 0 saturated heterocycles. The molecule has 1 heterocycles. The van der Waals surface area contributed by atoms with E-state index in [2.05, 4.69) is 37.6 Å². The summed E-state index contributed by atoms with van der Waals surface area (Å²) in [5.74, 6) is 0.937. The highest BCUT2D eigenvalue weighted by Gasteiger charge is 2.55. The molecule has 0 aliphatic heterocycles. The van der Waals surface area contributed by atoms with Crippen molar-refractivity contribution >= 4 is 11.4 Å². The van der Waals surface area contributed by atoms with Gasteiger partial charge in [-0.25, -0.2) is 4.39 Å². The predicted octanol–water partition coefficient (Wildman–Crippen LogP) is 5.83. The fourth-order valence-electron chi connectivity index (χ4n) is 6.54. The number of halogens is 1. The molecule has 0 aromatic carbocycles. The zero-order valence-corrected chi connectivity index (χ0v) is 16.6. The lowest BCUT2D eigenvalue weighted by Gasteiger charge is -2.56. The summed E-state index contributed by atoms with van der Waals surface area (Å²) in [6, 6.07) is 1.60. The SMILES string of the molecule is C=C1C[C@H]2C3=CC=C(c4cncc(F)c4)[C@@]3(C)CC[C@@H]2[C@@]2(C)CCC(=O)C=C12. The average molecular weight is 375 g/mol. The number of ketones is 1. The molecule has 0 bridgehead atoms. The Balaban J connectivity index is 1.53. The first-order chi connectivity index (χ1) is 13.3. The largest absolute Gasteiger partial charge is 0.295 e. The number of pyridine rings is 1. The highest BCUT2D eigenvalue weighted by atomic mass is 19.1. The number of allylic oxidation sites excluding steroid dienone is 7. The molecule has 1 aromatic rings. The Morgan fingerprint density at radius 2 is 2.00 bits per heavy atom. The first-order valence-electron chi connectivity index (χ1n) is 10.3. The maximum atomic E-state index is 13.8. The van der Waals surface area contributed by atoms with Crippen molar-refractivity contribution in [1.82, 2.24) is 4.98 Å². The molecule has 1 aromatic heterocycles. The number of rotatable bonds is 1. The summed E-state index contributed by atoms with van der Waals surface area (Å²) in [6.45, 7) is 9.02. The zero-order chi connectivity index (χ0) is 19.7. The molecular formula is C25H26FNO. The highest BCUT2D eigenvalue weighted by molar-refractivity contribution is 5.92. The van der Waals surface area contributed by atoms with Gasteiger partial charge in [-0.3, -0.25) is 9.78 Å². The van der Waals surface area contributed by atoms with Crippen LogP contribution in [-0.2, 0) is 4.79 Å². The Morgan fingerprint density at radius 1 is 1.18 bits per heavy atom. The van der Waals surface area contributed by atoms with Gasteiger partial charge in [0.15, 0.2) is 5.78 Å². The van der Waals surface area contributed by atoms with Gasteiger partial charge in [-0.2, -0.15) is 0 Å². The van der Waals surface area contributed by atoms with Crippen LogP contribution >= 0.6 is 0 Å². The van der Waals surface area contributed by atoms with Crippen LogP contribution in [-0.4, -0.2) is 10.8 Å². The third-order valence-electron chi connectivity index (χ3n) is 7.99. The van der Waals surface area contributed by atoms with E-state index in [0.29, 0.717) is 18.3 Å². The number of aromatic nitrogens is 1. The molecule has 4 atom stereocenters. The van der Waals surface area contributed by atoms with Crippen molar-refractivity contribution in [2.24, 2.45) is 22.7 Å². The minimum Gasteiger partial charge on any atom is -0.295 e. The molecule has 2 saturated carbocycles. The van der Waals surface area contributed by atoms with Gasteiger partial charge in [0.1, 0.15) is 5.82 Å².